The largest absolute Gasteiger partial charge is 0.347 e. The highest BCUT2D eigenvalue weighted by molar-refractivity contribution is 5.51. The number of carbonyl (C=O) groups excluding carboxylic acids is 1. The maximum Gasteiger partial charge on any atom is 0.170 e. The second-order valence-corrected chi connectivity index (χ2v) is 3.57. The van der Waals surface area contributed by atoms with Crippen molar-refractivity contribution < 1.29 is 14.3 Å². The predicted molar refractivity (Wildman–Crippen MR) is 46.4 cm³/mol. The Morgan fingerprint density at radius 2 is 1.85 bits per heavy atom. The molecule has 0 amide bonds. The quantitative estimate of drug-likeness (QED) is 0.569. The molecule has 0 bridgehead atoms. The molecule has 0 unspecified atom stereocenters. The van der Waals surface area contributed by atoms with Gasteiger partial charge in [0.2, 0.25) is 0 Å². The number of hydrogen-bond donors (Lipinski definition) is 0. The molecule has 2 aliphatic heterocycles. The highest BCUT2D eigenvalue weighted by Crippen LogP contribution is 2.30. The van der Waals surface area contributed by atoms with Gasteiger partial charge in [0.1, 0.15) is 6.29 Å². The molecule has 0 aromatic carbocycles. The van der Waals surface area contributed by atoms with Crippen molar-refractivity contribution in [2.75, 3.05) is 32.8 Å². The topological polar surface area (TPSA) is 38.8 Å². The summed E-state index contributed by atoms with van der Waals surface area (Å²) < 4.78 is 11.1. The number of rotatable bonds is 2. The zero-order chi connectivity index (χ0) is 9.15. The summed E-state index contributed by atoms with van der Waals surface area (Å²) in [5.41, 5.74) is 0. The summed E-state index contributed by atoms with van der Waals surface area (Å²) in [5, 5.41) is 0. The zero-order valence-electron chi connectivity index (χ0n) is 7.70. The van der Waals surface area contributed by atoms with Crippen molar-refractivity contribution in [2.45, 2.75) is 18.6 Å². The summed E-state index contributed by atoms with van der Waals surface area (Å²) in [6.07, 6.45) is 2.73. The van der Waals surface area contributed by atoms with E-state index in [9.17, 15) is 4.79 Å². The van der Waals surface area contributed by atoms with Crippen LogP contribution in [0.1, 0.15) is 12.8 Å². The molecule has 0 atom stereocenters. The number of likely N-dealkylation sites (tertiary alicyclic amines) is 1. The van der Waals surface area contributed by atoms with E-state index in [2.05, 4.69) is 4.90 Å². The summed E-state index contributed by atoms with van der Waals surface area (Å²) in [6.45, 7) is 3.77. The second kappa shape index (κ2) is 3.74. The van der Waals surface area contributed by atoms with E-state index in [0.717, 1.165) is 32.2 Å². The molecule has 0 aromatic rings. The first-order chi connectivity index (χ1) is 6.35. The molecule has 2 saturated heterocycles. The van der Waals surface area contributed by atoms with Crippen molar-refractivity contribution in [3.8, 4) is 0 Å². The number of carbonyl (C=O) groups is 1. The van der Waals surface area contributed by atoms with Crippen LogP contribution < -0.4 is 0 Å². The van der Waals surface area contributed by atoms with E-state index in [1.807, 2.05) is 0 Å². The summed E-state index contributed by atoms with van der Waals surface area (Å²) >= 11 is 0. The van der Waals surface area contributed by atoms with Crippen molar-refractivity contribution in [3.63, 3.8) is 0 Å². The maximum atomic E-state index is 10.3. The molecule has 74 valence electrons. The predicted octanol–water partition coefficient (Wildman–Crippen LogP) is 0.0242. The van der Waals surface area contributed by atoms with Crippen molar-refractivity contribution in [3.05, 3.63) is 0 Å². The molecular formula is C9H15NO3. The lowest BCUT2D eigenvalue weighted by Crippen LogP contribution is -2.45. The monoisotopic (exact) mass is 185 g/mol. The van der Waals surface area contributed by atoms with Crippen LogP contribution in [0.3, 0.4) is 0 Å². The van der Waals surface area contributed by atoms with Crippen LogP contribution >= 0.6 is 0 Å². The summed E-state index contributed by atoms with van der Waals surface area (Å²) in [4.78, 5) is 12.4. The average molecular weight is 185 g/mol. The third-order valence-electron chi connectivity index (χ3n) is 2.76. The molecule has 0 aromatic heterocycles. The first kappa shape index (κ1) is 9.12. The summed E-state index contributed by atoms with van der Waals surface area (Å²) in [5.74, 6) is -0.306. The highest BCUT2D eigenvalue weighted by atomic mass is 16.7. The van der Waals surface area contributed by atoms with Crippen molar-refractivity contribution >= 4 is 6.29 Å². The Bertz CT molecular complexity index is 179. The minimum Gasteiger partial charge on any atom is -0.347 e. The molecule has 0 aliphatic carbocycles. The normalized spacial score (nSPS) is 28.0. The van der Waals surface area contributed by atoms with Crippen LogP contribution in [0.25, 0.3) is 0 Å². The lowest BCUT2D eigenvalue weighted by Gasteiger charge is -2.36. The van der Waals surface area contributed by atoms with Crippen LogP contribution in [0.5, 0.6) is 0 Å². The van der Waals surface area contributed by atoms with Gasteiger partial charge < -0.3 is 14.3 Å². The van der Waals surface area contributed by atoms with Gasteiger partial charge in [-0.15, -0.1) is 0 Å². The van der Waals surface area contributed by atoms with Crippen LogP contribution in [0.4, 0.5) is 0 Å². The molecule has 2 fully saturated rings. The standard InChI is InChI=1S/C9H15NO3/c11-6-5-10-3-1-9(2-4-10)12-7-8-13-9/h6H,1-5,7-8H2. The molecule has 0 N–H and O–H groups in total. The Kier molecular flexibility index (Phi) is 2.62. The highest BCUT2D eigenvalue weighted by Gasteiger charge is 2.39. The smallest absolute Gasteiger partial charge is 0.170 e. The third-order valence-corrected chi connectivity index (χ3v) is 2.76. The molecule has 0 saturated carbocycles. The molecular weight excluding hydrogens is 170 g/mol. The van der Waals surface area contributed by atoms with Crippen LogP contribution in [-0.4, -0.2) is 49.8 Å². The lowest BCUT2D eigenvalue weighted by molar-refractivity contribution is -0.185. The Hall–Kier alpha value is -0.450. The molecule has 13 heavy (non-hydrogen) atoms. The van der Waals surface area contributed by atoms with Gasteiger partial charge in [0.05, 0.1) is 19.8 Å². The Morgan fingerprint density at radius 3 is 2.38 bits per heavy atom. The number of ether oxygens (including phenoxy) is 2. The van der Waals surface area contributed by atoms with E-state index in [-0.39, 0.29) is 5.79 Å². The van der Waals surface area contributed by atoms with Crippen molar-refractivity contribution in [1.29, 1.82) is 0 Å². The minimum atomic E-state index is -0.306. The first-order valence-corrected chi connectivity index (χ1v) is 4.79. The number of aldehydes is 1. The van der Waals surface area contributed by atoms with E-state index in [1.165, 1.54) is 0 Å². The minimum absolute atomic E-state index is 0.306. The van der Waals surface area contributed by atoms with Gasteiger partial charge in [-0.1, -0.05) is 0 Å². The lowest BCUT2D eigenvalue weighted by atomic mass is 10.0. The van der Waals surface area contributed by atoms with E-state index in [4.69, 9.17) is 9.47 Å². The summed E-state index contributed by atoms with van der Waals surface area (Å²) in [6, 6.07) is 0. The maximum absolute atomic E-state index is 10.3. The van der Waals surface area contributed by atoms with Gasteiger partial charge in [0.15, 0.2) is 5.79 Å². The number of nitrogens with zero attached hydrogens (tertiary/aromatic N) is 1. The Balaban J connectivity index is 1.84. The van der Waals surface area contributed by atoms with Crippen molar-refractivity contribution in [1.82, 2.24) is 4.90 Å². The van der Waals surface area contributed by atoms with Gasteiger partial charge in [-0.25, -0.2) is 0 Å². The molecule has 1 spiro atoms. The van der Waals surface area contributed by atoms with Crippen LogP contribution in [-0.2, 0) is 14.3 Å². The van der Waals surface area contributed by atoms with Gasteiger partial charge in [-0.3, -0.25) is 4.90 Å². The van der Waals surface area contributed by atoms with Gasteiger partial charge in [-0.2, -0.15) is 0 Å². The fourth-order valence-electron chi connectivity index (χ4n) is 1.97. The van der Waals surface area contributed by atoms with Gasteiger partial charge in [0, 0.05) is 25.9 Å². The van der Waals surface area contributed by atoms with Gasteiger partial charge >= 0.3 is 0 Å². The molecule has 2 heterocycles. The molecule has 0 radical (unpaired) electrons. The van der Waals surface area contributed by atoms with E-state index >= 15 is 0 Å². The molecule has 4 heteroatoms. The van der Waals surface area contributed by atoms with Crippen LogP contribution in [0.15, 0.2) is 0 Å². The third kappa shape index (κ3) is 1.90. The van der Waals surface area contributed by atoms with Crippen LogP contribution in [0, 0.1) is 0 Å². The first-order valence-electron chi connectivity index (χ1n) is 4.79. The number of piperidine rings is 1. The Morgan fingerprint density at radius 1 is 1.23 bits per heavy atom. The molecule has 2 rings (SSSR count). The SMILES string of the molecule is O=CCN1CCC2(CC1)OCCO2. The second-order valence-electron chi connectivity index (χ2n) is 3.57. The molecule has 2 aliphatic rings. The average Bonchev–Trinajstić information content (AvgIpc) is 2.59. The van der Waals surface area contributed by atoms with Crippen molar-refractivity contribution in [2.24, 2.45) is 0 Å². The fourth-order valence-corrected chi connectivity index (χ4v) is 1.97. The zero-order valence-corrected chi connectivity index (χ0v) is 7.70. The van der Waals surface area contributed by atoms with Crippen LogP contribution in [0.2, 0.25) is 0 Å². The fraction of sp³-hybridized carbons (Fsp3) is 0.889. The van der Waals surface area contributed by atoms with Gasteiger partial charge in [-0.05, 0) is 0 Å². The number of hydrogen-bond acceptors (Lipinski definition) is 4. The Labute approximate surface area is 77.8 Å². The van der Waals surface area contributed by atoms with E-state index in [1.54, 1.807) is 0 Å². The summed E-state index contributed by atoms with van der Waals surface area (Å²) in [7, 11) is 0. The molecule has 4 nitrogen and oxygen atoms in total. The van der Waals surface area contributed by atoms with Gasteiger partial charge in [0.25, 0.3) is 0 Å². The van der Waals surface area contributed by atoms with E-state index in [0.29, 0.717) is 19.8 Å². The van der Waals surface area contributed by atoms with E-state index < -0.39 is 0 Å².